The van der Waals surface area contributed by atoms with Crippen LogP contribution in [0.1, 0.15) is 25.3 Å². The van der Waals surface area contributed by atoms with Crippen LogP contribution in [0.2, 0.25) is 0 Å². The highest BCUT2D eigenvalue weighted by molar-refractivity contribution is 5.91. The van der Waals surface area contributed by atoms with Crippen molar-refractivity contribution in [1.29, 1.82) is 0 Å². The highest BCUT2D eigenvalue weighted by Gasteiger charge is 2.06. The van der Waals surface area contributed by atoms with Gasteiger partial charge in [-0.25, -0.2) is 9.86 Å². The molecule has 0 saturated heterocycles. The summed E-state index contributed by atoms with van der Waals surface area (Å²) in [5.74, 6) is 0.146. The second-order valence-electron chi connectivity index (χ2n) is 4.86. The molecule has 0 aliphatic rings. The maximum Gasteiger partial charge on any atom is 0.312 e. The van der Waals surface area contributed by atoms with Crippen molar-refractivity contribution < 1.29 is 19.5 Å². The Hall–Kier alpha value is -2.54. The number of ether oxygens (including phenoxy) is 1. The van der Waals surface area contributed by atoms with Gasteiger partial charge in [0.05, 0.1) is 13.2 Å². The van der Waals surface area contributed by atoms with Crippen LogP contribution in [-0.4, -0.2) is 41.9 Å². The number of nitrogens with one attached hydrogen (secondary N) is 1. The predicted molar refractivity (Wildman–Crippen MR) is 87.0 cm³/mol. The van der Waals surface area contributed by atoms with Crippen LogP contribution in [0.15, 0.2) is 30.3 Å². The molecule has 7 nitrogen and oxygen atoms in total. The normalized spacial score (nSPS) is 10.5. The molecule has 1 rings (SSSR count). The van der Waals surface area contributed by atoms with E-state index in [0.29, 0.717) is 11.7 Å². The maximum absolute atomic E-state index is 11.7. The second kappa shape index (κ2) is 10.2. The molecule has 0 spiro atoms. The molecule has 0 unspecified atom stereocenters. The van der Waals surface area contributed by atoms with E-state index >= 15 is 0 Å². The number of hydrogen-bond donors (Lipinski definition) is 3. The summed E-state index contributed by atoms with van der Waals surface area (Å²) in [6.07, 6.45) is 4.87. The lowest BCUT2D eigenvalue weighted by atomic mass is 10.2. The van der Waals surface area contributed by atoms with Crippen molar-refractivity contribution in [3.05, 3.63) is 35.9 Å². The van der Waals surface area contributed by atoms with E-state index < -0.39 is 11.9 Å². The lowest BCUT2D eigenvalue weighted by molar-refractivity contribution is -0.158. The van der Waals surface area contributed by atoms with E-state index in [1.165, 1.54) is 6.08 Å². The first-order chi connectivity index (χ1) is 11.0. The number of urea groups is 1. The molecule has 126 valence electrons. The highest BCUT2D eigenvalue weighted by atomic mass is 16.5. The van der Waals surface area contributed by atoms with Gasteiger partial charge in [-0.1, -0.05) is 25.5 Å². The fraction of sp³-hybridized carbons (Fsp3) is 0.375. The molecule has 0 aromatic heterocycles. The summed E-state index contributed by atoms with van der Waals surface area (Å²) >= 11 is 0. The Kier molecular flexibility index (Phi) is 8.23. The van der Waals surface area contributed by atoms with Crippen molar-refractivity contribution in [3.63, 3.8) is 0 Å². The van der Waals surface area contributed by atoms with Crippen LogP contribution in [-0.2, 0) is 4.79 Å². The van der Waals surface area contributed by atoms with E-state index in [0.717, 1.165) is 24.2 Å². The lowest BCUT2D eigenvalue weighted by Gasteiger charge is -2.12. The minimum absolute atomic E-state index is 0.0493. The summed E-state index contributed by atoms with van der Waals surface area (Å²) in [4.78, 5) is 22.2. The van der Waals surface area contributed by atoms with Crippen molar-refractivity contribution in [2.24, 2.45) is 5.73 Å². The van der Waals surface area contributed by atoms with Crippen molar-refractivity contribution in [2.75, 3.05) is 19.7 Å². The maximum atomic E-state index is 11.7. The molecule has 3 amide bonds. The Bertz CT molecular complexity index is 546. The zero-order valence-corrected chi connectivity index (χ0v) is 13.2. The standard InChI is InChI=1S/C16H23N3O4/c1-2-3-11-23-14-6-4-5-13(12-14)7-8-15(20)19(22)10-9-18-16(17)21/h4-8,12,22H,2-3,9-11H2,1H3,(H3,17,18,21). The largest absolute Gasteiger partial charge is 0.494 e. The van der Waals surface area contributed by atoms with Crippen LogP contribution >= 0.6 is 0 Å². The molecule has 0 heterocycles. The van der Waals surface area contributed by atoms with Crippen LogP contribution in [0.5, 0.6) is 5.75 Å². The highest BCUT2D eigenvalue weighted by Crippen LogP contribution is 2.15. The molecule has 4 N–H and O–H groups in total. The van der Waals surface area contributed by atoms with Crippen LogP contribution < -0.4 is 15.8 Å². The minimum atomic E-state index is -0.707. The molecule has 0 aliphatic heterocycles. The van der Waals surface area contributed by atoms with Crippen molar-refractivity contribution in [2.45, 2.75) is 19.8 Å². The van der Waals surface area contributed by atoms with Crippen molar-refractivity contribution in [1.82, 2.24) is 10.4 Å². The second-order valence-corrected chi connectivity index (χ2v) is 4.86. The number of carbonyl (C=O) groups excluding carboxylic acids is 2. The first-order valence-electron chi connectivity index (χ1n) is 7.47. The quantitative estimate of drug-likeness (QED) is 0.279. The van der Waals surface area contributed by atoms with Gasteiger partial charge in [-0.2, -0.15) is 0 Å². The molecule has 7 heteroatoms. The number of benzene rings is 1. The molecule has 0 bridgehead atoms. The number of carbonyl (C=O) groups is 2. The third-order valence-corrected chi connectivity index (χ3v) is 2.92. The first-order valence-corrected chi connectivity index (χ1v) is 7.47. The molecule has 23 heavy (non-hydrogen) atoms. The zero-order valence-electron chi connectivity index (χ0n) is 13.2. The molecular weight excluding hydrogens is 298 g/mol. The third kappa shape index (κ3) is 7.87. The van der Waals surface area contributed by atoms with Gasteiger partial charge in [-0.15, -0.1) is 0 Å². The monoisotopic (exact) mass is 321 g/mol. The van der Waals surface area contributed by atoms with Crippen molar-refractivity contribution in [3.8, 4) is 5.75 Å². The van der Waals surface area contributed by atoms with Gasteiger partial charge in [0.2, 0.25) is 0 Å². The topological polar surface area (TPSA) is 105 Å². The van der Waals surface area contributed by atoms with E-state index in [4.69, 9.17) is 10.5 Å². The Morgan fingerprint density at radius 2 is 2.22 bits per heavy atom. The Labute approximate surface area is 135 Å². The van der Waals surface area contributed by atoms with Crippen LogP contribution in [0.25, 0.3) is 6.08 Å². The molecule has 0 saturated carbocycles. The molecule has 0 atom stereocenters. The molecular formula is C16H23N3O4. The minimum Gasteiger partial charge on any atom is -0.494 e. The smallest absolute Gasteiger partial charge is 0.312 e. The number of unbranched alkanes of at least 4 members (excludes halogenated alkanes) is 1. The van der Waals surface area contributed by atoms with Crippen LogP contribution in [0, 0.1) is 0 Å². The summed E-state index contributed by atoms with van der Waals surface area (Å²) in [5, 5.41) is 12.3. The van der Waals surface area contributed by atoms with Gasteiger partial charge in [0.15, 0.2) is 0 Å². The summed E-state index contributed by atoms with van der Waals surface area (Å²) in [5.41, 5.74) is 5.67. The van der Waals surface area contributed by atoms with E-state index in [-0.39, 0.29) is 13.1 Å². The predicted octanol–water partition coefficient (Wildman–Crippen LogP) is 1.76. The van der Waals surface area contributed by atoms with Gasteiger partial charge in [0, 0.05) is 12.6 Å². The molecule has 0 radical (unpaired) electrons. The Morgan fingerprint density at radius 3 is 2.91 bits per heavy atom. The van der Waals surface area contributed by atoms with E-state index in [1.807, 2.05) is 24.3 Å². The Balaban J connectivity index is 2.50. The number of nitrogens with zero attached hydrogens (tertiary/aromatic N) is 1. The average molecular weight is 321 g/mol. The summed E-state index contributed by atoms with van der Waals surface area (Å²) < 4.78 is 5.59. The molecule has 1 aromatic rings. The van der Waals surface area contributed by atoms with Crippen LogP contribution in [0.4, 0.5) is 4.79 Å². The van der Waals surface area contributed by atoms with E-state index in [1.54, 1.807) is 6.08 Å². The average Bonchev–Trinajstić information content (AvgIpc) is 2.53. The number of amides is 3. The SMILES string of the molecule is CCCCOc1cccc(C=CC(=O)N(O)CCNC(N)=O)c1. The number of nitrogens with two attached hydrogens (primary N) is 1. The molecule has 0 aliphatic carbocycles. The number of hydroxylamine groups is 2. The van der Waals surface area contributed by atoms with Gasteiger partial charge >= 0.3 is 6.03 Å². The number of primary amides is 1. The lowest BCUT2D eigenvalue weighted by Crippen LogP contribution is -2.38. The van der Waals surface area contributed by atoms with Gasteiger partial charge in [-0.3, -0.25) is 10.0 Å². The molecule has 0 fully saturated rings. The Morgan fingerprint density at radius 1 is 1.43 bits per heavy atom. The third-order valence-electron chi connectivity index (χ3n) is 2.92. The summed E-state index contributed by atoms with van der Waals surface area (Å²) in [6.45, 7) is 2.77. The van der Waals surface area contributed by atoms with Crippen molar-refractivity contribution >= 4 is 18.0 Å². The summed E-state index contributed by atoms with van der Waals surface area (Å²) in [7, 11) is 0. The van der Waals surface area contributed by atoms with E-state index in [9.17, 15) is 14.8 Å². The van der Waals surface area contributed by atoms with E-state index in [2.05, 4.69) is 12.2 Å². The number of hydrogen-bond acceptors (Lipinski definition) is 4. The van der Waals surface area contributed by atoms with Gasteiger partial charge in [-0.05, 0) is 30.2 Å². The van der Waals surface area contributed by atoms with Crippen LogP contribution in [0.3, 0.4) is 0 Å². The number of rotatable bonds is 9. The fourth-order valence-corrected chi connectivity index (χ4v) is 1.69. The zero-order chi connectivity index (χ0) is 17.1. The summed E-state index contributed by atoms with van der Waals surface area (Å²) in [6, 6.07) is 6.62. The van der Waals surface area contributed by atoms with Gasteiger partial charge < -0.3 is 15.8 Å². The van der Waals surface area contributed by atoms with Gasteiger partial charge in [0.25, 0.3) is 5.91 Å². The molecule has 1 aromatic carbocycles. The first kappa shape index (κ1) is 18.5. The fourth-order valence-electron chi connectivity index (χ4n) is 1.69. The van der Waals surface area contributed by atoms with Gasteiger partial charge in [0.1, 0.15) is 5.75 Å².